The fraction of sp³-hybridized carbons (Fsp3) is 0.111. The number of amides is 1. The average molecular weight is 381 g/mol. The van der Waals surface area contributed by atoms with Gasteiger partial charge in [-0.3, -0.25) is 14.9 Å². The third-order valence-corrected chi connectivity index (χ3v) is 5.00. The van der Waals surface area contributed by atoms with E-state index in [1.54, 1.807) is 28.8 Å². The van der Waals surface area contributed by atoms with Crippen LogP contribution < -0.4 is 14.3 Å². The van der Waals surface area contributed by atoms with E-state index < -0.39 is 10.8 Å². The minimum atomic E-state index is -0.480. The summed E-state index contributed by atoms with van der Waals surface area (Å²) < 4.78 is 12.9. The van der Waals surface area contributed by atoms with E-state index in [-0.39, 0.29) is 19.0 Å². The zero-order valence-corrected chi connectivity index (χ0v) is 14.6. The molecule has 0 atom stereocenters. The summed E-state index contributed by atoms with van der Waals surface area (Å²) in [5, 5.41) is 11.0. The molecule has 0 saturated carbocycles. The number of carbonyl (C=O) groups is 1. The lowest BCUT2D eigenvalue weighted by atomic mass is 10.2. The Hall–Kier alpha value is -3.64. The molecule has 9 heteroatoms. The van der Waals surface area contributed by atoms with Crippen molar-refractivity contribution in [3.63, 3.8) is 0 Å². The number of thiazole rings is 1. The molecule has 1 aromatic heterocycles. The lowest BCUT2D eigenvalue weighted by molar-refractivity contribution is -0.384. The molecule has 4 rings (SSSR count). The van der Waals surface area contributed by atoms with Crippen molar-refractivity contribution in [1.82, 2.24) is 4.57 Å². The summed E-state index contributed by atoms with van der Waals surface area (Å²) in [5.74, 6) is 3.08. The van der Waals surface area contributed by atoms with Crippen LogP contribution >= 0.6 is 11.3 Å². The molecule has 3 aromatic rings. The van der Waals surface area contributed by atoms with Gasteiger partial charge < -0.3 is 14.0 Å². The van der Waals surface area contributed by atoms with E-state index in [0.717, 1.165) is 4.70 Å². The van der Waals surface area contributed by atoms with Crippen LogP contribution in [-0.4, -0.2) is 22.2 Å². The highest BCUT2D eigenvalue weighted by Crippen LogP contribution is 2.32. The fourth-order valence-corrected chi connectivity index (χ4v) is 3.69. The van der Waals surface area contributed by atoms with Crippen LogP contribution in [0.3, 0.4) is 0 Å². The number of hydrogen-bond donors (Lipinski definition) is 0. The van der Waals surface area contributed by atoms with Crippen LogP contribution in [0.1, 0.15) is 10.4 Å². The molecule has 0 radical (unpaired) electrons. The second-order valence-corrected chi connectivity index (χ2v) is 6.58. The highest BCUT2D eigenvalue weighted by molar-refractivity contribution is 7.16. The van der Waals surface area contributed by atoms with Gasteiger partial charge in [0.1, 0.15) is 0 Å². The number of terminal acetylenes is 1. The van der Waals surface area contributed by atoms with Gasteiger partial charge in [0, 0.05) is 17.7 Å². The van der Waals surface area contributed by atoms with Crippen molar-refractivity contribution in [3.05, 3.63) is 56.9 Å². The summed E-state index contributed by atoms with van der Waals surface area (Å²) in [7, 11) is 0. The average Bonchev–Trinajstić information content (AvgIpc) is 3.25. The summed E-state index contributed by atoms with van der Waals surface area (Å²) in [5.41, 5.74) is 0.846. The van der Waals surface area contributed by atoms with Crippen molar-refractivity contribution >= 4 is 33.1 Å². The molecule has 2 aromatic carbocycles. The molecule has 1 aliphatic rings. The maximum Gasteiger partial charge on any atom is 0.279 e. The number of nitro benzene ring substituents is 1. The molecule has 0 N–H and O–H groups in total. The summed E-state index contributed by atoms with van der Waals surface area (Å²) >= 11 is 1.23. The van der Waals surface area contributed by atoms with Gasteiger partial charge in [0.15, 0.2) is 16.3 Å². The van der Waals surface area contributed by atoms with Crippen LogP contribution in [0.15, 0.2) is 41.4 Å². The Bertz CT molecular complexity index is 1200. The lowest BCUT2D eigenvalue weighted by Crippen LogP contribution is -2.16. The first-order valence-electron chi connectivity index (χ1n) is 7.77. The molecule has 1 aliphatic heterocycles. The zero-order chi connectivity index (χ0) is 19.0. The van der Waals surface area contributed by atoms with Crippen LogP contribution in [0.2, 0.25) is 0 Å². The Balaban J connectivity index is 1.82. The zero-order valence-electron chi connectivity index (χ0n) is 13.7. The predicted octanol–water partition coefficient (Wildman–Crippen LogP) is 2.71. The Morgan fingerprint density at radius 2 is 2.11 bits per heavy atom. The van der Waals surface area contributed by atoms with Gasteiger partial charge in [-0.1, -0.05) is 17.3 Å². The van der Waals surface area contributed by atoms with Crippen molar-refractivity contribution in [2.24, 2.45) is 4.99 Å². The molecule has 2 heterocycles. The second-order valence-electron chi connectivity index (χ2n) is 5.57. The van der Waals surface area contributed by atoms with E-state index in [1.165, 1.54) is 23.5 Å². The summed E-state index contributed by atoms with van der Waals surface area (Å²) in [6, 6.07) is 9.26. The van der Waals surface area contributed by atoms with Crippen molar-refractivity contribution < 1.29 is 19.2 Å². The number of nitro groups is 1. The SMILES string of the molecule is C#CCn1c(=NC(=O)c2ccc3c(c2)OCO3)sc2ccc([N+](=O)[O-])cc21. The number of carbonyl (C=O) groups excluding carboxylic acids is 1. The van der Waals surface area contributed by atoms with Gasteiger partial charge in [-0.2, -0.15) is 4.99 Å². The van der Waals surface area contributed by atoms with Crippen LogP contribution in [-0.2, 0) is 6.54 Å². The molecule has 134 valence electrons. The predicted molar refractivity (Wildman–Crippen MR) is 97.8 cm³/mol. The van der Waals surface area contributed by atoms with Gasteiger partial charge in [-0.25, -0.2) is 0 Å². The highest BCUT2D eigenvalue weighted by Gasteiger charge is 2.17. The van der Waals surface area contributed by atoms with E-state index in [9.17, 15) is 14.9 Å². The number of hydrogen-bond acceptors (Lipinski definition) is 6. The van der Waals surface area contributed by atoms with E-state index in [4.69, 9.17) is 15.9 Å². The van der Waals surface area contributed by atoms with E-state index in [0.29, 0.717) is 27.4 Å². The number of fused-ring (bicyclic) bond motifs is 2. The minimum Gasteiger partial charge on any atom is -0.454 e. The van der Waals surface area contributed by atoms with Gasteiger partial charge >= 0.3 is 0 Å². The van der Waals surface area contributed by atoms with Crippen molar-refractivity contribution in [2.75, 3.05) is 6.79 Å². The smallest absolute Gasteiger partial charge is 0.279 e. The normalized spacial score (nSPS) is 12.9. The molecule has 0 saturated heterocycles. The Kier molecular flexibility index (Phi) is 4.10. The second kappa shape index (κ2) is 6.59. The van der Waals surface area contributed by atoms with Crippen LogP contribution in [0.5, 0.6) is 11.5 Å². The number of ether oxygens (including phenoxy) is 2. The summed E-state index contributed by atoms with van der Waals surface area (Å²) in [6.45, 7) is 0.246. The first kappa shape index (κ1) is 16.8. The molecule has 0 spiro atoms. The van der Waals surface area contributed by atoms with Crippen molar-refractivity contribution in [1.29, 1.82) is 0 Å². The third-order valence-electron chi connectivity index (χ3n) is 3.94. The van der Waals surface area contributed by atoms with Gasteiger partial charge in [-0.05, 0) is 24.3 Å². The quantitative estimate of drug-likeness (QED) is 0.395. The van der Waals surface area contributed by atoms with Gasteiger partial charge in [0.05, 0.1) is 21.7 Å². The lowest BCUT2D eigenvalue weighted by Gasteiger charge is -2.01. The number of non-ortho nitro benzene ring substituents is 1. The molecular weight excluding hydrogens is 370 g/mol. The first-order valence-corrected chi connectivity index (χ1v) is 8.58. The first-order chi connectivity index (χ1) is 13.1. The Labute approximate surface area is 156 Å². The van der Waals surface area contributed by atoms with E-state index in [1.807, 2.05) is 0 Å². The van der Waals surface area contributed by atoms with Crippen LogP contribution in [0.4, 0.5) is 5.69 Å². The molecule has 0 aliphatic carbocycles. The number of nitrogens with zero attached hydrogens (tertiary/aromatic N) is 3. The van der Waals surface area contributed by atoms with Gasteiger partial charge in [0.2, 0.25) is 6.79 Å². The number of benzene rings is 2. The third kappa shape index (κ3) is 3.02. The van der Waals surface area contributed by atoms with Crippen LogP contribution in [0, 0.1) is 22.5 Å². The number of rotatable bonds is 3. The van der Waals surface area contributed by atoms with E-state index >= 15 is 0 Å². The Morgan fingerprint density at radius 1 is 1.30 bits per heavy atom. The summed E-state index contributed by atoms with van der Waals surface area (Å²) in [4.78, 5) is 27.7. The molecule has 0 fully saturated rings. The van der Waals surface area contributed by atoms with Crippen molar-refractivity contribution in [2.45, 2.75) is 6.54 Å². The Morgan fingerprint density at radius 3 is 2.89 bits per heavy atom. The molecule has 1 amide bonds. The number of aromatic nitrogens is 1. The van der Waals surface area contributed by atoms with Crippen molar-refractivity contribution in [3.8, 4) is 23.8 Å². The molecule has 27 heavy (non-hydrogen) atoms. The fourth-order valence-electron chi connectivity index (χ4n) is 2.68. The summed E-state index contributed by atoms with van der Waals surface area (Å²) in [6.07, 6.45) is 5.42. The topological polar surface area (TPSA) is 96.0 Å². The van der Waals surface area contributed by atoms with Gasteiger partial charge in [0.25, 0.3) is 11.6 Å². The minimum absolute atomic E-state index is 0.0558. The molecule has 0 bridgehead atoms. The molecule has 8 nitrogen and oxygen atoms in total. The molecule has 0 unspecified atom stereocenters. The van der Waals surface area contributed by atoms with E-state index in [2.05, 4.69) is 10.9 Å². The van der Waals surface area contributed by atoms with Crippen LogP contribution in [0.25, 0.3) is 10.2 Å². The maximum absolute atomic E-state index is 12.6. The standard InChI is InChI=1S/C18H11N3O5S/c1-2-7-20-13-9-12(21(23)24)4-6-16(13)27-18(20)19-17(22)11-3-5-14-15(8-11)26-10-25-14/h1,3-6,8-9H,7,10H2. The monoisotopic (exact) mass is 381 g/mol. The largest absolute Gasteiger partial charge is 0.454 e. The maximum atomic E-state index is 12.6. The highest BCUT2D eigenvalue weighted by atomic mass is 32.1. The molecular formula is C18H11N3O5S. The van der Waals surface area contributed by atoms with Gasteiger partial charge in [-0.15, -0.1) is 6.42 Å².